The number of nitrogens with zero attached hydrogens (tertiary/aromatic N) is 1. The fraction of sp³-hybridized carbons (Fsp3) is 0.636. The van der Waals surface area contributed by atoms with Gasteiger partial charge in [-0.15, -0.1) is 11.3 Å². The lowest BCUT2D eigenvalue weighted by Crippen LogP contribution is -2.23. The number of rotatable bonds is 3. The molecule has 82 valence electrons. The first-order valence-corrected chi connectivity index (χ1v) is 6.19. The van der Waals surface area contributed by atoms with Crippen LogP contribution in [0.15, 0.2) is 5.38 Å². The van der Waals surface area contributed by atoms with Crippen molar-refractivity contribution in [1.82, 2.24) is 10.3 Å². The maximum atomic E-state index is 12.0. The minimum atomic E-state index is 0.187. The molecule has 1 aliphatic heterocycles. The van der Waals surface area contributed by atoms with Crippen molar-refractivity contribution >= 4 is 17.1 Å². The third-order valence-corrected chi connectivity index (χ3v) is 3.78. The number of carbonyl (C=O) groups is 1. The van der Waals surface area contributed by atoms with E-state index in [4.69, 9.17) is 0 Å². The number of thiazole rings is 1. The monoisotopic (exact) mass is 224 g/mol. The minimum Gasteiger partial charge on any atom is -0.316 e. The van der Waals surface area contributed by atoms with Crippen molar-refractivity contribution in [2.75, 3.05) is 13.1 Å². The third kappa shape index (κ3) is 2.44. The van der Waals surface area contributed by atoms with Crippen LogP contribution in [0.2, 0.25) is 0 Å². The van der Waals surface area contributed by atoms with Gasteiger partial charge < -0.3 is 5.32 Å². The number of nitrogens with one attached hydrogen (secondary N) is 1. The Bertz CT molecular complexity index is 361. The van der Waals surface area contributed by atoms with Gasteiger partial charge in [-0.25, -0.2) is 4.98 Å². The van der Waals surface area contributed by atoms with Gasteiger partial charge in [0.25, 0.3) is 0 Å². The topological polar surface area (TPSA) is 42.0 Å². The molecular weight excluding hydrogens is 208 g/mol. The summed E-state index contributed by atoms with van der Waals surface area (Å²) in [5.41, 5.74) is 0.932. The lowest BCUT2D eigenvalue weighted by molar-refractivity contribution is -0.122. The van der Waals surface area contributed by atoms with Gasteiger partial charge in [0.05, 0.1) is 10.7 Å². The van der Waals surface area contributed by atoms with Crippen molar-refractivity contribution in [1.29, 1.82) is 0 Å². The maximum absolute atomic E-state index is 12.0. The second-order valence-corrected chi connectivity index (χ2v) is 5.31. The Morgan fingerprint density at radius 3 is 3.00 bits per heavy atom. The van der Waals surface area contributed by atoms with Gasteiger partial charge in [-0.05, 0) is 19.4 Å². The van der Waals surface area contributed by atoms with Gasteiger partial charge >= 0.3 is 0 Å². The normalized spacial score (nSPS) is 25.7. The summed E-state index contributed by atoms with van der Waals surface area (Å²) >= 11 is 1.61. The summed E-state index contributed by atoms with van der Waals surface area (Å²) < 4.78 is 0. The van der Waals surface area contributed by atoms with Crippen LogP contribution in [0, 0.1) is 18.8 Å². The maximum Gasteiger partial charge on any atom is 0.143 e. The van der Waals surface area contributed by atoms with Gasteiger partial charge in [0.2, 0.25) is 0 Å². The Morgan fingerprint density at radius 2 is 2.47 bits per heavy atom. The number of hydrogen-bond acceptors (Lipinski definition) is 4. The molecule has 0 spiro atoms. The number of hydrogen-bond donors (Lipinski definition) is 1. The van der Waals surface area contributed by atoms with Crippen LogP contribution in [0.4, 0.5) is 0 Å². The van der Waals surface area contributed by atoms with E-state index in [1.54, 1.807) is 11.3 Å². The van der Waals surface area contributed by atoms with Crippen LogP contribution >= 0.6 is 11.3 Å². The number of aryl methyl sites for hydroxylation is 1. The largest absolute Gasteiger partial charge is 0.316 e. The molecule has 2 unspecified atom stereocenters. The van der Waals surface area contributed by atoms with Crippen molar-refractivity contribution in [3.05, 3.63) is 16.1 Å². The van der Waals surface area contributed by atoms with Crippen LogP contribution in [0.25, 0.3) is 0 Å². The molecule has 0 bridgehead atoms. The summed E-state index contributed by atoms with van der Waals surface area (Å²) in [5, 5.41) is 6.28. The standard InChI is InChI=1S/C11H16N2OS/c1-7-4-12-5-10(7)11(14)3-9-6-15-8(2)13-9/h6-7,10,12H,3-5H2,1-2H3. The quantitative estimate of drug-likeness (QED) is 0.844. The molecule has 0 radical (unpaired) electrons. The average Bonchev–Trinajstić information content (AvgIpc) is 2.75. The first-order valence-electron chi connectivity index (χ1n) is 5.31. The molecule has 0 aliphatic carbocycles. The molecule has 2 rings (SSSR count). The molecule has 4 heteroatoms. The molecule has 1 aromatic rings. The highest BCUT2D eigenvalue weighted by atomic mass is 32.1. The zero-order valence-electron chi connectivity index (χ0n) is 9.12. The van der Waals surface area contributed by atoms with Gasteiger partial charge in [0.1, 0.15) is 5.78 Å². The number of Topliss-reactive ketones (excluding diaryl/α,β-unsaturated/α-hetero) is 1. The predicted octanol–water partition coefficient (Wildman–Crippen LogP) is 1.42. The fourth-order valence-corrected chi connectivity index (χ4v) is 2.65. The van der Waals surface area contributed by atoms with Crippen LogP contribution in [0.3, 0.4) is 0 Å². The molecule has 1 aliphatic rings. The molecule has 1 fully saturated rings. The summed E-state index contributed by atoms with van der Waals surface area (Å²) in [7, 11) is 0. The third-order valence-electron chi connectivity index (χ3n) is 2.95. The van der Waals surface area contributed by atoms with E-state index in [2.05, 4.69) is 17.2 Å². The zero-order chi connectivity index (χ0) is 10.8. The van der Waals surface area contributed by atoms with Crippen molar-refractivity contribution in [3.8, 4) is 0 Å². The van der Waals surface area contributed by atoms with Crippen LogP contribution in [-0.4, -0.2) is 23.9 Å². The highest BCUT2D eigenvalue weighted by molar-refractivity contribution is 7.09. The summed E-state index contributed by atoms with van der Waals surface area (Å²) in [6, 6.07) is 0. The molecule has 2 atom stereocenters. The van der Waals surface area contributed by atoms with Crippen LogP contribution < -0.4 is 5.32 Å². The van der Waals surface area contributed by atoms with E-state index < -0.39 is 0 Å². The first kappa shape index (κ1) is 10.8. The van der Waals surface area contributed by atoms with Crippen LogP contribution in [-0.2, 0) is 11.2 Å². The lowest BCUT2D eigenvalue weighted by Gasteiger charge is -2.11. The van der Waals surface area contributed by atoms with E-state index in [-0.39, 0.29) is 5.92 Å². The second-order valence-electron chi connectivity index (χ2n) is 4.24. The summed E-state index contributed by atoms with van der Waals surface area (Å²) in [4.78, 5) is 16.3. The Hall–Kier alpha value is -0.740. The highest BCUT2D eigenvalue weighted by Crippen LogP contribution is 2.19. The molecule has 1 saturated heterocycles. The smallest absolute Gasteiger partial charge is 0.143 e. The zero-order valence-corrected chi connectivity index (χ0v) is 9.93. The van der Waals surface area contributed by atoms with Crippen molar-refractivity contribution in [2.45, 2.75) is 20.3 Å². The van der Waals surface area contributed by atoms with Gasteiger partial charge in [-0.2, -0.15) is 0 Å². The van der Waals surface area contributed by atoms with Gasteiger partial charge in [-0.1, -0.05) is 6.92 Å². The van der Waals surface area contributed by atoms with E-state index in [1.807, 2.05) is 12.3 Å². The van der Waals surface area contributed by atoms with E-state index >= 15 is 0 Å². The molecule has 0 amide bonds. The predicted molar refractivity (Wildman–Crippen MR) is 61.1 cm³/mol. The number of aromatic nitrogens is 1. The second kappa shape index (κ2) is 4.41. The molecule has 3 nitrogen and oxygen atoms in total. The van der Waals surface area contributed by atoms with E-state index in [9.17, 15) is 4.79 Å². The minimum absolute atomic E-state index is 0.187. The van der Waals surface area contributed by atoms with Gasteiger partial charge in [0.15, 0.2) is 0 Å². The molecule has 15 heavy (non-hydrogen) atoms. The highest BCUT2D eigenvalue weighted by Gasteiger charge is 2.29. The van der Waals surface area contributed by atoms with E-state index in [1.165, 1.54) is 0 Å². The lowest BCUT2D eigenvalue weighted by atomic mass is 9.91. The SMILES string of the molecule is Cc1nc(CC(=O)C2CNCC2C)cs1. The summed E-state index contributed by atoms with van der Waals surface area (Å²) in [6.45, 7) is 5.91. The fourth-order valence-electron chi connectivity index (χ4n) is 2.04. The van der Waals surface area contributed by atoms with Crippen LogP contribution in [0.5, 0.6) is 0 Å². The molecular formula is C11H16N2OS. The summed E-state index contributed by atoms with van der Waals surface area (Å²) in [5.74, 6) is 0.988. The van der Waals surface area contributed by atoms with E-state index in [0.717, 1.165) is 23.8 Å². The van der Waals surface area contributed by atoms with Gasteiger partial charge in [0, 0.05) is 24.3 Å². The number of ketones is 1. The average molecular weight is 224 g/mol. The Kier molecular flexibility index (Phi) is 3.17. The Morgan fingerprint density at radius 1 is 1.67 bits per heavy atom. The van der Waals surface area contributed by atoms with E-state index in [0.29, 0.717) is 18.1 Å². The van der Waals surface area contributed by atoms with Crippen molar-refractivity contribution < 1.29 is 4.79 Å². The molecule has 0 aromatic carbocycles. The van der Waals surface area contributed by atoms with Crippen LogP contribution in [0.1, 0.15) is 17.6 Å². The van der Waals surface area contributed by atoms with Gasteiger partial charge in [-0.3, -0.25) is 4.79 Å². The molecule has 2 heterocycles. The molecule has 1 aromatic heterocycles. The molecule has 0 saturated carbocycles. The van der Waals surface area contributed by atoms with Crippen molar-refractivity contribution in [3.63, 3.8) is 0 Å². The summed E-state index contributed by atoms with van der Waals surface area (Å²) in [6.07, 6.45) is 0.501. The molecule has 1 N–H and O–H groups in total. The Balaban J connectivity index is 1.97. The Labute approximate surface area is 93.9 Å². The first-order chi connectivity index (χ1) is 7.16. The van der Waals surface area contributed by atoms with Crippen molar-refractivity contribution in [2.24, 2.45) is 11.8 Å². The number of carbonyl (C=O) groups excluding carboxylic acids is 1.